The first kappa shape index (κ1) is 19.0. The number of ether oxygens (including phenoxy) is 2. The fourth-order valence-corrected chi connectivity index (χ4v) is 3.40. The van der Waals surface area contributed by atoms with Gasteiger partial charge in [-0.15, -0.1) is 0 Å². The summed E-state index contributed by atoms with van der Waals surface area (Å²) in [5, 5.41) is 6.72. The summed E-state index contributed by atoms with van der Waals surface area (Å²) in [5.74, 6) is 0.147. The van der Waals surface area contributed by atoms with E-state index < -0.39 is 11.8 Å². The van der Waals surface area contributed by atoms with E-state index in [-0.39, 0.29) is 18.2 Å². The average molecular weight is 435 g/mol. The van der Waals surface area contributed by atoms with Gasteiger partial charge in [-0.1, -0.05) is 23.7 Å². The fourth-order valence-electron chi connectivity index (χ4n) is 3.27. The summed E-state index contributed by atoms with van der Waals surface area (Å²) in [6, 6.07) is 18.6. The molecule has 0 radical (unpaired) electrons. The third-order valence-electron chi connectivity index (χ3n) is 4.78. The molecule has 1 aliphatic heterocycles. The summed E-state index contributed by atoms with van der Waals surface area (Å²) in [5.41, 5.74) is 1.66. The number of rotatable bonds is 4. The Labute approximate surface area is 181 Å². The first-order chi connectivity index (χ1) is 15.1. The number of nitrogens with one attached hydrogen (secondary N) is 2. The van der Waals surface area contributed by atoms with Crippen molar-refractivity contribution in [3.8, 4) is 11.5 Å². The van der Waals surface area contributed by atoms with E-state index in [0.29, 0.717) is 38.7 Å². The number of carbonyl (C=O) groups excluding carboxylic acids is 2. The van der Waals surface area contributed by atoms with Crippen LogP contribution in [0.15, 0.2) is 71.1 Å². The molecule has 0 bridgehead atoms. The lowest BCUT2D eigenvalue weighted by Gasteiger charge is -2.08. The minimum atomic E-state index is -0.500. The second-order valence-electron chi connectivity index (χ2n) is 6.79. The lowest BCUT2D eigenvalue weighted by molar-refractivity contribution is 0.0999. The summed E-state index contributed by atoms with van der Waals surface area (Å²) in [4.78, 5) is 25.9. The Morgan fingerprint density at radius 2 is 1.61 bits per heavy atom. The number of anilines is 2. The van der Waals surface area contributed by atoms with Crippen molar-refractivity contribution in [1.29, 1.82) is 0 Å². The van der Waals surface area contributed by atoms with E-state index in [1.165, 1.54) is 0 Å². The Morgan fingerprint density at radius 3 is 2.45 bits per heavy atom. The highest BCUT2D eigenvalue weighted by molar-refractivity contribution is 6.30. The first-order valence-corrected chi connectivity index (χ1v) is 9.76. The largest absolute Gasteiger partial charge is 0.454 e. The zero-order chi connectivity index (χ0) is 21.4. The van der Waals surface area contributed by atoms with Crippen LogP contribution in [0.3, 0.4) is 0 Å². The maximum absolute atomic E-state index is 12.9. The highest BCUT2D eigenvalue weighted by atomic mass is 35.5. The molecule has 5 rings (SSSR count). The van der Waals surface area contributed by atoms with Gasteiger partial charge in [-0.05, 0) is 54.6 Å². The second kappa shape index (κ2) is 7.70. The molecule has 3 aromatic carbocycles. The molecule has 0 fully saturated rings. The Hall–Kier alpha value is -3.97. The number of carbonyl (C=O) groups is 2. The van der Waals surface area contributed by atoms with Crippen molar-refractivity contribution in [2.75, 3.05) is 17.4 Å². The summed E-state index contributed by atoms with van der Waals surface area (Å²) in [7, 11) is 0. The van der Waals surface area contributed by atoms with Crippen LogP contribution in [0.25, 0.3) is 11.0 Å². The minimum absolute atomic E-state index is 0.00903. The van der Waals surface area contributed by atoms with Gasteiger partial charge in [-0.2, -0.15) is 0 Å². The monoisotopic (exact) mass is 434 g/mol. The Kier molecular flexibility index (Phi) is 4.72. The van der Waals surface area contributed by atoms with Gasteiger partial charge < -0.3 is 24.5 Å². The summed E-state index contributed by atoms with van der Waals surface area (Å²) in [6.45, 7) is 0.113. The number of halogens is 1. The Balaban J connectivity index is 1.48. The molecular formula is C23H15ClN2O5. The van der Waals surface area contributed by atoms with E-state index in [2.05, 4.69) is 10.6 Å². The smallest absolute Gasteiger partial charge is 0.293 e. The van der Waals surface area contributed by atoms with Gasteiger partial charge in [0, 0.05) is 21.7 Å². The molecule has 0 saturated heterocycles. The number of hydrogen-bond donors (Lipinski definition) is 2. The van der Waals surface area contributed by atoms with Crippen LogP contribution in [0.4, 0.5) is 11.4 Å². The first-order valence-electron chi connectivity index (χ1n) is 9.38. The number of fused-ring (bicyclic) bond motifs is 2. The van der Waals surface area contributed by atoms with Crippen LogP contribution in [0.5, 0.6) is 11.5 Å². The van der Waals surface area contributed by atoms with E-state index in [0.717, 1.165) is 0 Å². The number of furan rings is 1. The van der Waals surface area contributed by atoms with Gasteiger partial charge >= 0.3 is 0 Å². The molecule has 2 heterocycles. The molecule has 8 heteroatoms. The molecule has 2 amide bonds. The molecule has 0 spiro atoms. The van der Waals surface area contributed by atoms with Crippen molar-refractivity contribution < 1.29 is 23.5 Å². The molecule has 0 saturated carbocycles. The quantitative estimate of drug-likeness (QED) is 0.453. The van der Waals surface area contributed by atoms with Crippen LogP contribution in [0.1, 0.15) is 20.9 Å². The minimum Gasteiger partial charge on any atom is -0.454 e. The van der Waals surface area contributed by atoms with Crippen molar-refractivity contribution >= 4 is 45.8 Å². The topological polar surface area (TPSA) is 89.8 Å². The molecule has 0 aliphatic carbocycles. The van der Waals surface area contributed by atoms with Crippen molar-refractivity contribution in [3.63, 3.8) is 0 Å². The number of benzene rings is 3. The SMILES string of the molecule is O=C(Nc1c(C(=O)Nc2ccc(Cl)cc2)oc2ccccc12)c1ccc2c(c1)OCO2. The zero-order valence-corrected chi connectivity index (χ0v) is 16.7. The van der Waals surface area contributed by atoms with Crippen molar-refractivity contribution in [3.05, 3.63) is 83.1 Å². The number of amides is 2. The summed E-state index contributed by atoms with van der Waals surface area (Å²) < 4.78 is 16.4. The van der Waals surface area contributed by atoms with Gasteiger partial charge in [0.2, 0.25) is 12.6 Å². The van der Waals surface area contributed by atoms with Crippen LogP contribution in [0.2, 0.25) is 5.02 Å². The highest BCUT2D eigenvalue weighted by Crippen LogP contribution is 2.34. The molecule has 31 heavy (non-hydrogen) atoms. The summed E-state index contributed by atoms with van der Waals surface area (Å²) >= 11 is 5.90. The zero-order valence-electron chi connectivity index (χ0n) is 16.0. The molecular weight excluding hydrogens is 420 g/mol. The van der Waals surface area contributed by atoms with E-state index >= 15 is 0 Å². The van der Waals surface area contributed by atoms with E-state index in [1.807, 2.05) is 0 Å². The molecule has 0 unspecified atom stereocenters. The predicted octanol–water partition coefficient (Wildman–Crippen LogP) is 5.32. The van der Waals surface area contributed by atoms with Gasteiger partial charge in [-0.3, -0.25) is 9.59 Å². The fraction of sp³-hybridized carbons (Fsp3) is 0.0435. The van der Waals surface area contributed by atoms with E-state index in [1.54, 1.807) is 66.7 Å². The highest BCUT2D eigenvalue weighted by Gasteiger charge is 2.24. The number of hydrogen-bond acceptors (Lipinski definition) is 5. The van der Waals surface area contributed by atoms with Crippen LogP contribution < -0.4 is 20.1 Å². The number of para-hydroxylation sites is 1. The van der Waals surface area contributed by atoms with E-state index in [9.17, 15) is 9.59 Å². The molecule has 0 atom stereocenters. The van der Waals surface area contributed by atoms with E-state index in [4.69, 9.17) is 25.5 Å². The average Bonchev–Trinajstić information content (AvgIpc) is 3.39. The van der Waals surface area contributed by atoms with Gasteiger partial charge in [0.1, 0.15) is 11.3 Å². The van der Waals surface area contributed by atoms with Crippen LogP contribution in [-0.4, -0.2) is 18.6 Å². The Bertz CT molecular complexity index is 1310. The van der Waals surface area contributed by atoms with Crippen molar-refractivity contribution in [1.82, 2.24) is 0 Å². The Morgan fingerprint density at radius 1 is 0.839 bits per heavy atom. The summed E-state index contributed by atoms with van der Waals surface area (Å²) in [6.07, 6.45) is 0. The molecule has 7 nitrogen and oxygen atoms in total. The molecule has 1 aromatic heterocycles. The molecule has 1 aliphatic rings. The van der Waals surface area contributed by atoms with Crippen LogP contribution >= 0.6 is 11.6 Å². The van der Waals surface area contributed by atoms with Crippen molar-refractivity contribution in [2.24, 2.45) is 0 Å². The molecule has 4 aromatic rings. The van der Waals surface area contributed by atoms with Crippen LogP contribution in [0, 0.1) is 0 Å². The van der Waals surface area contributed by atoms with Gasteiger partial charge in [0.25, 0.3) is 11.8 Å². The lowest BCUT2D eigenvalue weighted by Crippen LogP contribution is -2.17. The van der Waals surface area contributed by atoms with Gasteiger partial charge in [0.05, 0.1) is 0 Å². The predicted molar refractivity (Wildman–Crippen MR) is 116 cm³/mol. The standard InChI is InChI=1S/C23H15ClN2O5/c24-14-6-8-15(9-7-14)25-23(28)21-20(16-3-1-2-4-17(16)31-21)26-22(27)13-5-10-18-19(11-13)30-12-29-18/h1-11H,12H2,(H,25,28)(H,26,27). The third-order valence-corrected chi connectivity index (χ3v) is 5.03. The van der Waals surface area contributed by atoms with Gasteiger partial charge in [0.15, 0.2) is 11.5 Å². The molecule has 154 valence electrons. The maximum atomic E-state index is 12.9. The third kappa shape index (κ3) is 3.67. The lowest BCUT2D eigenvalue weighted by atomic mass is 10.1. The second-order valence-corrected chi connectivity index (χ2v) is 7.22. The van der Waals surface area contributed by atoms with Crippen LogP contribution in [-0.2, 0) is 0 Å². The van der Waals surface area contributed by atoms with Gasteiger partial charge in [-0.25, -0.2) is 0 Å². The normalized spacial score (nSPS) is 12.0. The maximum Gasteiger partial charge on any atom is 0.293 e. The molecule has 2 N–H and O–H groups in total. The van der Waals surface area contributed by atoms with Crippen molar-refractivity contribution in [2.45, 2.75) is 0 Å².